The van der Waals surface area contributed by atoms with E-state index in [2.05, 4.69) is 15.6 Å². The van der Waals surface area contributed by atoms with Gasteiger partial charge in [0.25, 0.3) is 0 Å². The molecule has 24 heavy (non-hydrogen) atoms. The zero-order valence-electron chi connectivity index (χ0n) is 11.8. The lowest BCUT2D eigenvalue weighted by Crippen LogP contribution is -2.19. The third-order valence-corrected chi connectivity index (χ3v) is 3.97. The number of rotatable bonds is 2. The van der Waals surface area contributed by atoms with Gasteiger partial charge in [-0.1, -0.05) is 23.5 Å². The minimum atomic E-state index is -4.50. The zero-order valence-corrected chi connectivity index (χ0v) is 12.6. The van der Waals surface area contributed by atoms with E-state index < -0.39 is 23.6 Å². The van der Waals surface area contributed by atoms with Crippen LogP contribution in [-0.2, 0) is 6.18 Å². The largest absolute Gasteiger partial charge is 0.416 e. The Morgan fingerprint density at radius 1 is 1.08 bits per heavy atom. The van der Waals surface area contributed by atoms with Crippen molar-refractivity contribution < 1.29 is 22.4 Å². The van der Waals surface area contributed by atoms with E-state index in [4.69, 9.17) is 0 Å². The average molecular weight is 355 g/mol. The first-order valence-electron chi connectivity index (χ1n) is 6.63. The van der Waals surface area contributed by atoms with Gasteiger partial charge in [0.15, 0.2) is 5.13 Å². The van der Waals surface area contributed by atoms with Gasteiger partial charge < -0.3 is 5.32 Å². The Labute approximate surface area is 137 Å². The summed E-state index contributed by atoms with van der Waals surface area (Å²) in [4.78, 5) is 15.8. The fraction of sp³-hybridized carbons (Fsp3) is 0.0667. The predicted octanol–water partition coefficient (Wildman–Crippen LogP) is 5.10. The fourth-order valence-electron chi connectivity index (χ4n) is 2.00. The number of nitrogens with zero attached hydrogens (tertiary/aromatic N) is 1. The molecule has 0 radical (unpaired) electrons. The van der Waals surface area contributed by atoms with Crippen LogP contribution in [0.15, 0.2) is 42.5 Å². The molecule has 0 unspecified atom stereocenters. The van der Waals surface area contributed by atoms with Crippen molar-refractivity contribution >= 4 is 38.4 Å². The van der Waals surface area contributed by atoms with Crippen molar-refractivity contribution in [1.82, 2.24) is 4.98 Å². The van der Waals surface area contributed by atoms with Crippen LogP contribution >= 0.6 is 11.3 Å². The molecule has 3 rings (SSSR count). The molecule has 2 aromatic carbocycles. The molecule has 3 aromatic rings. The molecule has 0 fully saturated rings. The maximum absolute atomic E-state index is 13.5. The molecule has 4 nitrogen and oxygen atoms in total. The molecule has 124 valence electrons. The van der Waals surface area contributed by atoms with Crippen molar-refractivity contribution in [3.63, 3.8) is 0 Å². The first-order chi connectivity index (χ1) is 11.3. The van der Waals surface area contributed by atoms with Crippen molar-refractivity contribution in [2.24, 2.45) is 0 Å². The van der Waals surface area contributed by atoms with E-state index >= 15 is 0 Å². The van der Waals surface area contributed by atoms with Crippen LogP contribution in [-0.4, -0.2) is 11.0 Å². The molecule has 0 atom stereocenters. The average Bonchev–Trinajstić information content (AvgIpc) is 2.90. The molecule has 0 bridgehead atoms. The second-order valence-electron chi connectivity index (χ2n) is 4.76. The molecule has 9 heteroatoms. The highest BCUT2D eigenvalue weighted by molar-refractivity contribution is 7.22. The molecule has 2 N–H and O–H groups in total. The van der Waals surface area contributed by atoms with Crippen LogP contribution in [0.1, 0.15) is 5.56 Å². The van der Waals surface area contributed by atoms with Crippen molar-refractivity contribution in [2.75, 3.05) is 10.6 Å². The molecule has 1 heterocycles. The topological polar surface area (TPSA) is 54.0 Å². The monoisotopic (exact) mass is 355 g/mol. The smallest absolute Gasteiger partial charge is 0.308 e. The fourth-order valence-corrected chi connectivity index (χ4v) is 2.88. The highest BCUT2D eigenvalue weighted by Gasteiger charge is 2.30. The van der Waals surface area contributed by atoms with Crippen molar-refractivity contribution in [3.8, 4) is 0 Å². The number of anilines is 2. The molecule has 0 aliphatic carbocycles. The number of amides is 2. The number of carbonyl (C=O) groups is 1. The van der Waals surface area contributed by atoms with Gasteiger partial charge in [0, 0.05) is 5.69 Å². The number of hydrogen-bond acceptors (Lipinski definition) is 3. The molecule has 0 aliphatic rings. The van der Waals surface area contributed by atoms with Gasteiger partial charge in [-0.05, 0) is 30.3 Å². The Kier molecular flexibility index (Phi) is 4.10. The lowest BCUT2D eigenvalue weighted by molar-refractivity contribution is -0.137. The minimum Gasteiger partial charge on any atom is -0.308 e. The summed E-state index contributed by atoms with van der Waals surface area (Å²) in [5.41, 5.74) is -0.770. The van der Waals surface area contributed by atoms with Crippen molar-refractivity contribution in [3.05, 3.63) is 53.8 Å². The number of hydrogen-bond donors (Lipinski definition) is 2. The Balaban J connectivity index is 1.74. The summed E-state index contributed by atoms with van der Waals surface area (Å²) < 4.78 is 52.0. The summed E-state index contributed by atoms with van der Waals surface area (Å²) in [6.07, 6.45) is -4.50. The number of aromatic nitrogens is 1. The van der Waals surface area contributed by atoms with E-state index in [9.17, 15) is 22.4 Å². The molecule has 0 aliphatic heterocycles. The normalized spacial score (nSPS) is 11.5. The van der Waals surface area contributed by atoms with E-state index in [1.807, 2.05) is 0 Å². The quantitative estimate of drug-likeness (QED) is 0.629. The minimum absolute atomic E-state index is 0.0189. The number of halogens is 4. The zero-order chi connectivity index (χ0) is 17.3. The van der Waals surface area contributed by atoms with Gasteiger partial charge >= 0.3 is 12.2 Å². The van der Waals surface area contributed by atoms with E-state index in [-0.39, 0.29) is 16.3 Å². The Hall–Kier alpha value is -2.68. The summed E-state index contributed by atoms with van der Waals surface area (Å²) in [6, 6.07) is 7.87. The van der Waals surface area contributed by atoms with Crippen LogP contribution in [0.4, 0.5) is 33.2 Å². The number of fused-ring (bicyclic) bond motifs is 1. The van der Waals surface area contributed by atoms with Gasteiger partial charge in [0.2, 0.25) is 0 Å². The number of para-hydroxylation sites is 1. The van der Waals surface area contributed by atoms with Gasteiger partial charge in [-0.3, -0.25) is 5.32 Å². The summed E-state index contributed by atoms with van der Waals surface area (Å²) in [6.45, 7) is 0. The van der Waals surface area contributed by atoms with Crippen LogP contribution in [0.5, 0.6) is 0 Å². The first-order valence-corrected chi connectivity index (χ1v) is 7.45. The van der Waals surface area contributed by atoms with E-state index in [0.29, 0.717) is 4.70 Å². The Bertz CT molecular complexity index is 907. The van der Waals surface area contributed by atoms with Crippen LogP contribution in [0, 0.1) is 5.82 Å². The molecular weight excluding hydrogens is 346 g/mol. The summed E-state index contributed by atoms with van der Waals surface area (Å²) in [5, 5.41) is 4.80. The maximum atomic E-state index is 13.5. The first kappa shape index (κ1) is 16.2. The SMILES string of the molecule is O=C(Nc1cccc(C(F)(F)F)c1)Nc1nc2c(F)cccc2s1. The van der Waals surface area contributed by atoms with E-state index in [1.165, 1.54) is 24.3 Å². The third kappa shape index (κ3) is 3.46. The summed E-state index contributed by atoms with van der Waals surface area (Å²) in [7, 11) is 0. The van der Waals surface area contributed by atoms with Gasteiger partial charge in [-0.25, -0.2) is 14.2 Å². The highest BCUT2D eigenvalue weighted by atomic mass is 32.1. The second-order valence-corrected chi connectivity index (χ2v) is 5.79. The highest BCUT2D eigenvalue weighted by Crippen LogP contribution is 2.31. The van der Waals surface area contributed by atoms with Crippen LogP contribution in [0.2, 0.25) is 0 Å². The number of nitrogens with one attached hydrogen (secondary N) is 2. The van der Waals surface area contributed by atoms with Crippen molar-refractivity contribution in [1.29, 1.82) is 0 Å². The maximum Gasteiger partial charge on any atom is 0.416 e. The van der Waals surface area contributed by atoms with Crippen LogP contribution < -0.4 is 10.6 Å². The molecule has 1 aromatic heterocycles. The predicted molar refractivity (Wildman–Crippen MR) is 83.7 cm³/mol. The van der Waals surface area contributed by atoms with Crippen molar-refractivity contribution in [2.45, 2.75) is 6.18 Å². The lowest BCUT2D eigenvalue weighted by Gasteiger charge is -2.09. The van der Waals surface area contributed by atoms with E-state index in [1.54, 1.807) is 6.07 Å². The molecule has 0 spiro atoms. The van der Waals surface area contributed by atoms with E-state index in [0.717, 1.165) is 23.5 Å². The molecule has 0 saturated carbocycles. The lowest BCUT2D eigenvalue weighted by atomic mass is 10.2. The van der Waals surface area contributed by atoms with Gasteiger partial charge in [0.1, 0.15) is 11.3 Å². The second kappa shape index (κ2) is 6.08. The summed E-state index contributed by atoms with van der Waals surface area (Å²) >= 11 is 1.05. The standard InChI is InChI=1S/C15H9F4N3OS/c16-10-5-2-6-11-12(10)21-14(24-11)22-13(23)20-9-4-1-3-8(7-9)15(17,18)19/h1-7H,(H2,20,21,22,23). The molecule has 2 amide bonds. The van der Waals surface area contributed by atoms with Crippen LogP contribution in [0.3, 0.4) is 0 Å². The number of urea groups is 1. The van der Waals surface area contributed by atoms with Crippen LogP contribution in [0.25, 0.3) is 10.2 Å². The number of alkyl halides is 3. The molecular formula is C15H9F4N3OS. The third-order valence-electron chi connectivity index (χ3n) is 3.04. The number of thiazole rings is 1. The Morgan fingerprint density at radius 2 is 1.83 bits per heavy atom. The van der Waals surface area contributed by atoms with Gasteiger partial charge in [-0.2, -0.15) is 13.2 Å². The number of benzene rings is 2. The Morgan fingerprint density at radius 3 is 2.54 bits per heavy atom. The van der Waals surface area contributed by atoms with Gasteiger partial charge in [-0.15, -0.1) is 0 Å². The van der Waals surface area contributed by atoms with Gasteiger partial charge in [0.05, 0.1) is 10.3 Å². The number of carbonyl (C=O) groups excluding carboxylic acids is 1. The summed E-state index contributed by atoms with van der Waals surface area (Å²) in [5.74, 6) is -0.518. The molecule has 0 saturated heterocycles.